The van der Waals surface area contributed by atoms with Gasteiger partial charge in [-0.1, -0.05) is 74.3 Å². The Balaban J connectivity index is 0.00000280. The zero-order valence-electron chi connectivity index (χ0n) is 17.3. The van der Waals surface area contributed by atoms with Gasteiger partial charge < -0.3 is 17.0 Å². The van der Waals surface area contributed by atoms with Gasteiger partial charge in [-0.15, -0.1) is 0 Å². The van der Waals surface area contributed by atoms with Crippen LogP contribution in [0.25, 0.3) is 0 Å². The van der Waals surface area contributed by atoms with Crippen molar-refractivity contribution in [3.05, 3.63) is 91.0 Å². The number of hydrogen-bond acceptors (Lipinski definition) is 0. The van der Waals surface area contributed by atoms with Gasteiger partial charge >= 0.3 is 0 Å². The van der Waals surface area contributed by atoms with Crippen LogP contribution in [0.1, 0.15) is 30.2 Å². The second-order valence-electron chi connectivity index (χ2n) is 6.00. The van der Waals surface area contributed by atoms with Gasteiger partial charge in [-0.3, -0.25) is 0 Å². The Bertz CT molecular complexity index is 724. The van der Waals surface area contributed by atoms with E-state index in [-0.39, 0.29) is 23.4 Å². The Morgan fingerprint density at radius 1 is 0.640 bits per heavy atom. The number of benzene rings is 3. The number of hydrogen-bond donors (Lipinski definition) is 0. The Morgan fingerprint density at radius 3 is 1.40 bits per heavy atom. The molecule has 3 aromatic rings. The highest BCUT2D eigenvalue weighted by Gasteiger charge is 2.44. The molecule has 0 N–H and O–H groups in total. The third kappa shape index (κ3) is 4.40. The van der Waals surface area contributed by atoms with E-state index in [9.17, 15) is 0 Å². The van der Waals surface area contributed by atoms with Crippen LogP contribution >= 0.6 is 7.26 Å². The highest BCUT2D eigenvalue weighted by Crippen LogP contribution is 2.55. The monoisotopic (exact) mass is 415 g/mol. The van der Waals surface area contributed by atoms with Crippen LogP contribution in [0.3, 0.4) is 0 Å². The molecule has 3 rings (SSSR count). The summed E-state index contributed by atoms with van der Waals surface area (Å²) in [5, 5.41) is 4.07. The van der Waals surface area contributed by atoms with Crippen LogP contribution in [0.4, 0.5) is 0 Å². The standard InChI is InChI=1S/C23H26P.BrH/c1-2-3-13-20-24(21-14-7-4-8-15-21,22-16-9-5-10-17-22)23-18-11-6-12-19-23;/h4-12,14-19H,2-3,13,20H2,1H3;1H/q+1;/p-1/i1D3;. The lowest BCUT2D eigenvalue weighted by Gasteiger charge is -2.27. The third-order valence-electron chi connectivity index (χ3n) is 4.51. The average molecular weight is 416 g/mol. The lowest BCUT2D eigenvalue weighted by Crippen LogP contribution is -3.00. The molecule has 0 radical (unpaired) electrons. The van der Waals surface area contributed by atoms with Gasteiger partial charge in [0.05, 0.1) is 6.16 Å². The molecule has 0 aliphatic carbocycles. The first kappa shape index (κ1) is 15.8. The van der Waals surface area contributed by atoms with E-state index in [1.165, 1.54) is 15.9 Å². The molecule has 0 nitrogen and oxygen atoms in total. The van der Waals surface area contributed by atoms with E-state index in [0.29, 0.717) is 0 Å². The van der Waals surface area contributed by atoms with Gasteiger partial charge in [0, 0.05) is 4.11 Å². The second kappa shape index (κ2) is 9.90. The molecule has 0 saturated carbocycles. The molecule has 0 aliphatic heterocycles. The Labute approximate surface area is 167 Å². The average Bonchev–Trinajstić information content (AvgIpc) is 2.70. The maximum absolute atomic E-state index is 7.50. The largest absolute Gasteiger partial charge is 1.00 e. The minimum absolute atomic E-state index is 0. The Hall–Kier alpha value is -1.43. The van der Waals surface area contributed by atoms with Crippen molar-refractivity contribution in [2.45, 2.75) is 26.1 Å². The fraction of sp³-hybridized carbons (Fsp3) is 0.217. The van der Waals surface area contributed by atoms with Crippen molar-refractivity contribution < 1.29 is 21.1 Å². The van der Waals surface area contributed by atoms with Crippen molar-refractivity contribution in [1.82, 2.24) is 0 Å². The van der Waals surface area contributed by atoms with Crippen LogP contribution in [0.2, 0.25) is 0 Å². The fourth-order valence-corrected chi connectivity index (χ4v) is 7.77. The summed E-state index contributed by atoms with van der Waals surface area (Å²) in [7, 11) is -1.82. The van der Waals surface area contributed by atoms with Crippen molar-refractivity contribution in [2.75, 3.05) is 6.16 Å². The molecule has 0 unspecified atom stereocenters. The Kier molecular flexibility index (Phi) is 6.25. The molecule has 0 atom stereocenters. The minimum Gasteiger partial charge on any atom is -1.00 e. The van der Waals surface area contributed by atoms with Gasteiger partial charge in [-0.2, -0.15) is 0 Å². The number of halogens is 1. The summed E-state index contributed by atoms with van der Waals surface area (Å²) in [5.41, 5.74) is 0. The molecular formula is C23H26BrP. The molecule has 0 heterocycles. The number of rotatable bonds is 7. The first-order chi connectivity index (χ1) is 13.0. The summed E-state index contributed by atoms with van der Waals surface area (Å²) in [5.74, 6) is 0. The molecule has 25 heavy (non-hydrogen) atoms. The summed E-state index contributed by atoms with van der Waals surface area (Å²) in [6.45, 7) is -1.84. The molecule has 0 aliphatic rings. The van der Waals surface area contributed by atoms with Crippen molar-refractivity contribution >= 4 is 23.2 Å². The van der Waals surface area contributed by atoms with E-state index >= 15 is 0 Å². The van der Waals surface area contributed by atoms with Crippen LogP contribution in [-0.2, 0) is 0 Å². The summed E-state index contributed by atoms with van der Waals surface area (Å²) in [6, 6.07) is 32.2. The molecule has 130 valence electrons. The topological polar surface area (TPSA) is 0 Å². The van der Waals surface area contributed by atoms with E-state index in [0.717, 1.165) is 19.0 Å². The van der Waals surface area contributed by atoms with Crippen molar-refractivity contribution in [2.24, 2.45) is 0 Å². The second-order valence-corrected chi connectivity index (χ2v) is 9.61. The maximum atomic E-state index is 7.50. The van der Waals surface area contributed by atoms with Crippen LogP contribution in [0, 0.1) is 0 Å². The fourth-order valence-electron chi connectivity index (χ4n) is 3.36. The summed E-state index contributed by atoms with van der Waals surface area (Å²) >= 11 is 0. The molecule has 0 aromatic heterocycles. The van der Waals surface area contributed by atoms with Crippen molar-refractivity contribution in [3.63, 3.8) is 0 Å². The van der Waals surface area contributed by atoms with Gasteiger partial charge in [-0.25, -0.2) is 0 Å². The van der Waals surface area contributed by atoms with Gasteiger partial charge in [0.25, 0.3) is 0 Å². The van der Waals surface area contributed by atoms with Gasteiger partial charge in [0.2, 0.25) is 0 Å². The lowest BCUT2D eigenvalue weighted by molar-refractivity contribution is -0.00000477. The first-order valence-electron chi connectivity index (χ1n) is 10.1. The lowest BCUT2D eigenvalue weighted by atomic mass is 10.3. The number of unbranched alkanes of at least 4 members (excludes halogenated alkanes) is 1. The zero-order valence-corrected chi connectivity index (χ0v) is 16.8. The normalized spacial score (nSPS) is 13.2. The predicted octanol–water partition coefficient (Wildman–Crippen LogP) is 2.17. The molecular weight excluding hydrogens is 387 g/mol. The highest BCUT2D eigenvalue weighted by molar-refractivity contribution is 7.95. The predicted molar refractivity (Wildman–Crippen MR) is 110 cm³/mol. The molecule has 0 bridgehead atoms. The van der Waals surface area contributed by atoms with Crippen molar-refractivity contribution in [1.29, 1.82) is 0 Å². The van der Waals surface area contributed by atoms with E-state index < -0.39 is 14.1 Å². The zero-order chi connectivity index (χ0) is 19.2. The van der Waals surface area contributed by atoms with Crippen LogP contribution in [0.15, 0.2) is 91.0 Å². The van der Waals surface area contributed by atoms with Crippen LogP contribution < -0.4 is 32.9 Å². The summed E-state index contributed by atoms with van der Waals surface area (Å²) in [6.07, 6.45) is 2.90. The van der Waals surface area contributed by atoms with Gasteiger partial charge in [0.1, 0.15) is 23.2 Å². The van der Waals surface area contributed by atoms with Gasteiger partial charge in [0.15, 0.2) is 0 Å². The van der Waals surface area contributed by atoms with E-state index in [2.05, 4.69) is 91.0 Å². The maximum Gasteiger partial charge on any atom is 0.112 e. The minimum atomic E-state index is -1.84. The quantitative estimate of drug-likeness (QED) is 0.409. The van der Waals surface area contributed by atoms with E-state index in [1.807, 2.05) is 0 Å². The third-order valence-corrected chi connectivity index (χ3v) is 9.04. The van der Waals surface area contributed by atoms with Crippen LogP contribution in [0.5, 0.6) is 0 Å². The molecule has 0 spiro atoms. The molecule has 0 amide bonds. The van der Waals surface area contributed by atoms with E-state index in [1.54, 1.807) is 0 Å². The van der Waals surface area contributed by atoms with Crippen molar-refractivity contribution in [3.8, 4) is 0 Å². The van der Waals surface area contributed by atoms with Crippen LogP contribution in [-0.4, -0.2) is 6.16 Å². The summed E-state index contributed by atoms with van der Waals surface area (Å²) < 4.78 is 22.5. The molecule has 2 heteroatoms. The smallest absolute Gasteiger partial charge is 0.112 e. The molecule has 3 aromatic carbocycles. The summed E-state index contributed by atoms with van der Waals surface area (Å²) in [4.78, 5) is 0. The molecule has 0 fully saturated rings. The molecule has 0 saturated heterocycles. The highest BCUT2D eigenvalue weighted by atomic mass is 79.9. The SMILES string of the molecule is [2H]C([2H])([2H])CCCC[P+](c1ccccc1)(c1ccccc1)c1ccccc1.[Br-]. The first-order valence-corrected chi connectivity index (χ1v) is 10.5. The van der Waals surface area contributed by atoms with E-state index in [4.69, 9.17) is 4.11 Å². The Morgan fingerprint density at radius 2 is 1.04 bits per heavy atom. The van der Waals surface area contributed by atoms with Gasteiger partial charge in [-0.05, 0) is 42.8 Å².